The van der Waals surface area contributed by atoms with Crippen LogP contribution in [-0.2, 0) is 4.79 Å². The summed E-state index contributed by atoms with van der Waals surface area (Å²) in [5, 5.41) is 7.67. The van der Waals surface area contributed by atoms with E-state index in [2.05, 4.69) is 15.5 Å². The Kier molecular flexibility index (Phi) is 5.13. The number of carbonyl (C=O) groups is 1. The van der Waals surface area contributed by atoms with Gasteiger partial charge in [0.05, 0.1) is 0 Å². The van der Waals surface area contributed by atoms with Crippen LogP contribution in [0.3, 0.4) is 0 Å². The fourth-order valence-electron chi connectivity index (χ4n) is 3.19. The van der Waals surface area contributed by atoms with Crippen LogP contribution in [0.5, 0.6) is 0 Å². The SMILES string of the molecule is Cc1cccc(NC(=O)C(C)n2cnc3onc(-c4ccc(Cl)cc4)c3c2=O)c1C. The topological polar surface area (TPSA) is 90.0 Å². The number of benzene rings is 2. The zero-order chi connectivity index (χ0) is 21.4. The number of rotatable bonds is 4. The van der Waals surface area contributed by atoms with E-state index in [0.29, 0.717) is 22.0 Å². The van der Waals surface area contributed by atoms with Crippen LogP contribution in [0.4, 0.5) is 5.69 Å². The van der Waals surface area contributed by atoms with Crippen molar-refractivity contribution < 1.29 is 9.32 Å². The van der Waals surface area contributed by atoms with E-state index in [1.165, 1.54) is 10.9 Å². The van der Waals surface area contributed by atoms with Crippen LogP contribution in [-0.4, -0.2) is 20.6 Å². The Morgan fingerprint density at radius 1 is 1.17 bits per heavy atom. The van der Waals surface area contributed by atoms with E-state index in [1.54, 1.807) is 31.2 Å². The highest BCUT2D eigenvalue weighted by Crippen LogP contribution is 2.26. The maximum Gasteiger partial charge on any atom is 0.267 e. The molecule has 4 aromatic rings. The first kappa shape index (κ1) is 19.8. The molecule has 8 heteroatoms. The van der Waals surface area contributed by atoms with Gasteiger partial charge < -0.3 is 9.84 Å². The molecule has 0 saturated carbocycles. The molecule has 2 aromatic carbocycles. The highest BCUT2D eigenvalue weighted by Gasteiger charge is 2.22. The van der Waals surface area contributed by atoms with Crippen molar-refractivity contribution in [3.05, 3.63) is 75.3 Å². The second kappa shape index (κ2) is 7.76. The first-order valence-corrected chi connectivity index (χ1v) is 9.74. The summed E-state index contributed by atoms with van der Waals surface area (Å²) in [5.74, 6) is -0.323. The molecular formula is C22H19ClN4O3. The lowest BCUT2D eigenvalue weighted by molar-refractivity contribution is -0.118. The highest BCUT2D eigenvalue weighted by atomic mass is 35.5. The number of anilines is 1. The number of fused-ring (bicyclic) bond motifs is 1. The number of amides is 1. The van der Waals surface area contributed by atoms with Crippen molar-refractivity contribution in [2.24, 2.45) is 0 Å². The molecule has 1 amide bonds. The van der Waals surface area contributed by atoms with E-state index in [1.807, 2.05) is 32.0 Å². The summed E-state index contributed by atoms with van der Waals surface area (Å²) in [6.07, 6.45) is 1.30. The molecule has 0 radical (unpaired) electrons. The van der Waals surface area contributed by atoms with Gasteiger partial charge in [-0.25, -0.2) is 4.98 Å². The van der Waals surface area contributed by atoms with E-state index in [-0.39, 0.29) is 17.0 Å². The Morgan fingerprint density at radius 2 is 1.90 bits per heavy atom. The van der Waals surface area contributed by atoms with Crippen LogP contribution < -0.4 is 10.9 Å². The fourth-order valence-corrected chi connectivity index (χ4v) is 3.32. The number of aromatic nitrogens is 3. The fraction of sp³-hybridized carbons (Fsp3) is 0.182. The normalized spacial score (nSPS) is 12.1. The number of nitrogens with one attached hydrogen (secondary N) is 1. The Bertz CT molecular complexity index is 1310. The van der Waals surface area contributed by atoms with Crippen molar-refractivity contribution in [2.45, 2.75) is 26.8 Å². The van der Waals surface area contributed by atoms with Crippen molar-refractivity contribution in [3.63, 3.8) is 0 Å². The van der Waals surface area contributed by atoms with Crippen LogP contribution in [0.2, 0.25) is 5.02 Å². The summed E-state index contributed by atoms with van der Waals surface area (Å²) in [4.78, 5) is 30.2. The van der Waals surface area contributed by atoms with Gasteiger partial charge in [-0.3, -0.25) is 14.2 Å². The average Bonchev–Trinajstić information content (AvgIpc) is 3.17. The predicted molar refractivity (Wildman–Crippen MR) is 116 cm³/mol. The van der Waals surface area contributed by atoms with Gasteiger partial charge in [-0.1, -0.05) is 41.0 Å². The summed E-state index contributed by atoms with van der Waals surface area (Å²) in [5.41, 5.74) is 3.48. The van der Waals surface area contributed by atoms with Crippen LogP contribution in [0, 0.1) is 13.8 Å². The monoisotopic (exact) mass is 422 g/mol. The summed E-state index contributed by atoms with van der Waals surface area (Å²) in [6, 6.07) is 11.8. The average molecular weight is 423 g/mol. The molecule has 0 aliphatic carbocycles. The maximum atomic E-state index is 13.2. The Labute approximate surface area is 177 Å². The van der Waals surface area contributed by atoms with E-state index < -0.39 is 11.6 Å². The zero-order valence-corrected chi connectivity index (χ0v) is 17.4. The molecule has 1 N–H and O–H groups in total. The van der Waals surface area contributed by atoms with Crippen LogP contribution in [0.25, 0.3) is 22.4 Å². The molecular weight excluding hydrogens is 404 g/mol. The third-order valence-corrected chi connectivity index (χ3v) is 5.45. The van der Waals surface area contributed by atoms with Gasteiger partial charge in [-0.2, -0.15) is 0 Å². The summed E-state index contributed by atoms with van der Waals surface area (Å²) >= 11 is 5.95. The maximum absolute atomic E-state index is 13.2. The Morgan fingerprint density at radius 3 is 2.63 bits per heavy atom. The molecule has 0 spiro atoms. The lowest BCUT2D eigenvalue weighted by Gasteiger charge is -2.16. The van der Waals surface area contributed by atoms with Crippen molar-refractivity contribution >= 4 is 34.3 Å². The number of nitrogens with zero attached hydrogens (tertiary/aromatic N) is 3. The van der Waals surface area contributed by atoms with Crippen LogP contribution in [0.15, 0.2) is 58.1 Å². The van der Waals surface area contributed by atoms with E-state index in [9.17, 15) is 9.59 Å². The Hall–Kier alpha value is -3.45. The van der Waals surface area contributed by atoms with E-state index >= 15 is 0 Å². The molecule has 0 fully saturated rings. The molecule has 4 rings (SSSR count). The largest absolute Gasteiger partial charge is 0.335 e. The summed E-state index contributed by atoms with van der Waals surface area (Å²) < 4.78 is 6.50. The number of halogens is 1. The zero-order valence-electron chi connectivity index (χ0n) is 16.6. The summed E-state index contributed by atoms with van der Waals surface area (Å²) in [6.45, 7) is 5.55. The first-order valence-electron chi connectivity index (χ1n) is 9.36. The molecule has 0 saturated heterocycles. The van der Waals surface area contributed by atoms with Gasteiger partial charge in [0.2, 0.25) is 5.91 Å². The minimum absolute atomic E-state index is 0.114. The smallest absolute Gasteiger partial charge is 0.267 e. The minimum Gasteiger partial charge on any atom is -0.335 e. The standard InChI is InChI=1S/C22H19ClN4O3/c1-12-5-4-6-17(13(12)2)25-20(28)14(3)27-11-24-21-18(22(27)29)19(26-30-21)15-7-9-16(23)10-8-15/h4-11,14H,1-3H3,(H,25,28). The predicted octanol–water partition coefficient (Wildman–Crippen LogP) is 4.52. The molecule has 1 atom stereocenters. The van der Waals surface area contributed by atoms with Crippen molar-refractivity contribution in [2.75, 3.05) is 5.32 Å². The van der Waals surface area contributed by atoms with Crippen molar-refractivity contribution in [3.8, 4) is 11.3 Å². The second-order valence-electron chi connectivity index (χ2n) is 7.09. The van der Waals surface area contributed by atoms with Gasteiger partial charge in [0.15, 0.2) is 0 Å². The molecule has 7 nitrogen and oxygen atoms in total. The third kappa shape index (κ3) is 3.48. The van der Waals surface area contributed by atoms with Gasteiger partial charge >= 0.3 is 0 Å². The van der Waals surface area contributed by atoms with Crippen LogP contribution in [0.1, 0.15) is 24.1 Å². The van der Waals surface area contributed by atoms with Gasteiger partial charge in [-0.15, -0.1) is 0 Å². The molecule has 152 valence electrons. The molecule has 2 heterocycles. The third-order valence-electron chi connectivity index (χ3n) is 5.20. The van der Waals surface area contributed by atoms with Gasteiger partial charge in [0, 0.05) is 16.3 Å². The van der Waals surface area contributed by atoms with Crippen molar-refractivity contribution in [1.82, 2.24) is 14.7 Å². The molecule has 2 aromatic heterocycles. The van der Waals surface area contributed by atoms with Crippen LogP contribution >= 0.6 is 11.6 Å². The number of carbonyl (C=O) groups excluding carboxylic acids is 1. The van der Waals surface area contributed by atoms with Gasteiger partial charge in [-0.05, 0) is 50.1 Å². The molecule has 0 aliphatic heterocycles. The van der Waals surface area contributed by atoms with E-state index in [4.69, 9.17) is 16.1 Å². The first-order chi connectivity index (χ1) is 14.4. The van der Waals surface area contributed by atoms with Crippen molar-refractivity contribution in [1.29, 1.82) is 0 Å². The summed E-state index contributed by atoms with van der Waals surface area (Å²) in [7, 11) is 0. The van der Waals surface area contributed by atoms with Gasteiger partial charge in [0.25, 0.3) is 11.3 Å². The second-order valence-corrected chi connectivity index (χ2v) is 7.52. The highest BCUT2D eigenvalue weighted by molar-refractivity contribution is 6.30. The van der Waals surface area contributed by atoms with E-state index in [0.717, 1.165) is 11.1 Å². The van der Waals surface area contributed by atoms with Gasteiger partial charge in [0.1, 0.15) is 23.4 Å². The number of aryl methyl sites for hydroxylation is 1. The molecule has 30 heavy (non-hydrogen) atoms. The number of hydrogen-bond donors (Lipinski definition) is 1. The molecule has 0 aliphatic rings. The number of hydrogen-bond acceptors (Lipinski definition) is 5. The lowest BCUT2D eigenvalue weighted by atomic mass is 10.1. The minimum atomic E-state index is -0.790. The lowest BCUT2D eigenvalue weighted by Crippen LogP contribution is -2.32. The molecule has 0 bridgehead atoms. The molecule has 1 unspecified atom stereocenters. The Balaban J connectivity index is 1.72. The quantitative estimate of drug-likeness (QED) is 0.522.